The fourth-order valence-electron chi connectivity index (χ4n) is 2.14. The summed E-state index contributed by atoms with van der Waals surface area (Å²) < 4.78 is 40.4. The quantitative estimate of drug-likeness (QED) is 0.400. The molecule has 0 aliphatic heterocycles. The van der Waals surface area contributed by atoms with Crippen LogP contribution in [0.2, 0.25) is 0 Å². The summed E-state index contributed by atoms with van der Waals surface area (Å²) in [5.41, 5.74) is 3.64. The minimum atomic E-state index is -2.98. The molecule has 0 heterocycles. The molecule has 9 heteroatoms. The number of benzene rings is 2. The Labute approximate surface area is 161 Å². The van der Waals surface area contributed by atoms with E-state index in [4.69, 9.17) is 21.7 Å². The largest absolute Gasteiger partial charge is 0.497 e. The topological polar surface area (TPSA) is 64.1 Å². The highest BCUT2D eigenvalue weighted by Crippen LogP contribution is 2.31. The molecule has 0 saturated carbocycles. The van der Waals surface area contributed by atoms with Crippen LogP contribution in [0.1, 0.15) is 12.5 Å². The van der Waals surface area contributed by atoms with Crippen LogP contribution < -0.4 is 25.0 Å². The summed E-state index contributed by atoms with van der Waals surface area (Å²) in [6.45, 7) is -0.924. The van der Waals surface area contributed by atoms with E-state index < -0.39 is 6.61 Å². The van der Waals surface area contributed by atoms with Gasteiger partial charge in [-0.2, -0.15) is 13.9 Å². The van der Waals surface area contributed by atoms with Crippen LogP contribution in [0.25, 0.3) is 0 Å². The number of thiocarbonyl (C=S) groups is 1. The van der Waals surface area contributed by atoms with Crippen molar-refractivity contribution in [1.82, 2.24) is 5.43 Å². The molecule has 6 nitrogen and oxygen atoms in total. The van der Waals surface area contributed by atoms with Crippen LogP contribution in [0, 0.1) is 0 Å². The van der Waals surface area contributed by atoms with Crippen molar-refractivity contribution in [2.24, 2.45) is 5.10 Å². The molecule has 0 aliphatic rings. The average molecular weight is 395 g/mol. The van der Waals surface area contributed by atoms with E-state index in [0.717, 1.165) is 0 Å². The lowest BCUT2D eigenvalue weighted by Gasteiger charge is -2.13. The van der Waals surface area contributed by atoms with Gasteiger partial charge in [0.25, 0.3) is 0 Å². The monoisotopic (exact) mass is 395 g/mol. The molecule has 0 atom stereocenters. The van der Waals surface area contributed by atoms with Gasteiger partial charge in [-0.15, -0.1) is 0 Å². The van der Waals surface area contributed by atoms with Crippen molar-refractivity contribution in [3.05, 3.63) is 48.0 Å². The third-order valence-corrected chi connectivity index (χ3v) is 3.41. The van der Waals surface area contributed by atoms with Gasteiger partial charge >= 0.3 is 6.61 Å². The first-order valence-electron chi connectivity index (χ1n) is 7.98. The van der Waals surface area contributed by atoms with E-state index in [-0.39, 0.29) is 16.6 Å². The van der Waals surface area contributed by atoms with Crippen LogP contribution in [-0.2, 0) is 0 Å². The lowest BCUT2D eigenvalue weighted by molar-refractivity contribution is -0.0515. The Morgan fingerprint density at radius 3 is 2.74 bits per heavy atom. The van der Waals surface area contributed by atoms with E-state index in [9.17, 15) is 8.78 Å². The maximum atomic E-state index is 12.7. The predicted octanol–water partition coefficient (Wildman–Crippen LogP) is 4.02. The zero-order valence-electron chi connectivity index (χ0n) is 14.7. The van der Waals surface area contributed by atoms with Crippen LogP contribution in [0.5, 0.6) is 17.2 Å². The van der Waals surface area contributed by atoms with Gasteiger partial charge in [0.05, 0.1) is 19.9 Å². The minimum Gasteiger partial charge on any atom is -0.497 e. The first-order chi connectivity index (χ1) is 13.0. The van der Waals surface area contributed by atoms with E-state index in [2.05, 4.69) is 20.6 Å². The zero-order chi connectivity index (χ0) is 19.6. The number of hydrogen-bond acceptors (Lipinski definition) is 5. The van der Waals surface area contributed by atoms with E-state index in [1.54, 1.807) is 56.5 Å². The molecule has 144 valence electrons. The number of anilines is 1. The number of nitrogens with one attached hydrogen (secondary N) is 2. The second-order valence-corrected chi connectivity index (χ2v) is 5.45. The molecule has 0 aromatic heterocycles. The number of hydrogen-bond donors (Lipinski definition) is 2. The van der Waals surface area contributed by atoms with Crippen molar-refractivity contribution >= 4 is 29.2 Å². The molecule has 0 saturated heterocycles. The molecular formula is C18H19F2N3O3S. The summed E-state index contributed by atoms with van der Waals surface area (Å²) in [6.07, 6.45) is 1.32. The third kappa shape index (κ3) is 6.37. The second kappa shape index (κ2) is 10.3. The summed E-state index contributed by atoms with van der Waals surface area (Å²) in [5.74, 6) is 0.790. The molecule has 2 aromatic rings. The predicted molar refractivity (Wildman–Crippen MR) is 104 cm³/mol. The van der Waals surface area contributed by atoms with Crippen LogP contribution >= 0.6 is 12.2 Å². The highest BCUT2D eigenvalue weighted by Gasteiger charge is 2.14. The standard InChI is InChI=1S/C18H19F2N3O3S/c1-3-25-15-9-4-6-12(16(15)26-17(19)20)11-21-23-18(27)22-13-7-5-8-14(10-13)24-2/h4-11,17H,3H2,1-2H3,(H2,22,23,27)/b21-11-. The lowest BCUT2D eigenvalue weighted by Crippen LogP contribution is -2.23. The molecule has 0 fully saturated rings. The number of methoxy groups -OCH3 is 1. The molecule has 0 spiro atoms. The molecule has 2 rings (SSSR count). The molecule has 0 unspecified atom stereocenters. The van der Waals surface area contributed by atoms with Gasteiger partial charge in [-0.1, -0.05) is 12.1 Å². The highest BCUT2D eigenvalue weighted by atomic mass is 32.1. The van der Waals surface area contributed by atoms with E-state index in [1.807, 2.05) is 0 Å². The Bertz CT molecular complexity index is 803. The van der Waals surface area contributed by atoms with Gasteiger partial charge in [-0.05, 0) is 43.4 Å². The number of halogens is 2. The Hall–Kier alpha value is -2.94. The van der Waals surface area contributed by atoms with Gasteiger partial charge in [-0.3, -0.25) is 5.43 Å². The Morgan fingerprint density at radius 2 is 2.04 bits per heavy atom. The smallest absolute Gasteiger partial charge is 0.387 e. The minimum absolute atomic E-state index is 0.0911. The van der Waals surface area contributed by atoms with Crippen molar-refractivity contribution < 1.29 is 23.0 Å². The molecule has 0 aliphatic carbocycles. The number of alkyl halides is 2. The van der Waals surface area contributed by atoms with Crippen molar-refractivity contribution in [3.8, 4) is 17.2 Å². The third-order valence-electron chi connectivity index (χ3n) is 3.21. The SMILES string of the molecule is CCOc1cccc(/C=N\NC(=S)Nc2cccc(OC)c2)c1OC(F)F. The number of ether oxygens (including phenoxy) is 3. The highest BCUT2D eigenvalue weighted by molar-refractivity contribution is 7.80. The summed E-state index contributed by atoms with van der Waals surface area (Å²) in [6, 6.07) is 11.9. The van der Waals surface area contributed by atoms with Gasteiger partial charge in [0.2, 0.25) is 0 Å². The van der Waals surface area contributed by atoms with E-state index in [0.29, 0.717) is 23.6 Å². The molecule has 0 radical (unpaired) electrons. The average Bonchev–Trinajstić information content (AvgIpc) is 2.64. The molecular weight excluding hydrogens is 376 g/mol. The van der Waals surface area contributed by atoms with Crippen molar-refractivity contribution in [2.75, 3.05) is 19.0 Å². The van der Waals surface area contributed by atoms with E-state index >= 15 is 0 Å². The molecule has 2 aromatic carbocycles. The number of rotatable bonds is 8. The van der Waals surface area contributed by atoms with Crippen molar-refractivity contribution in [2.45, 2.75) is 13.5 Å². The number of para-hydroxylation sites is 1. The summed E-state index contributed by atoms with van der Waals surface area (Å²) in [5, 5.41) is 7.11. The maximum absolute atomic E-state index is 12.7. The molecule has 2 N–H and O–H groups in total. The summed E-state index contributed by atoms with van der Waals surface area (Å²) in [4.78, 5) is 0. The van der Waals surface area contributed by atoms with Crippen LogP contribution in [0.3, 0.4) is 0 Å². The summed E-state index contributed by atoms with van der Waals surface area (Å²) >= 11 is 5.15. The maximum Gasteiger partial charge on any atom is 0.387 e. The molecule has 0 amide bonds. The number of nitrogens with zero attached hydrogens (tertiary/aromatic N) is 1. The van der Waals surface area contributed by atoms with Gasteiger partial charge in [-0.25, -0.2) is 0 Å². The van der Waals surface area contributed by atoms with Crippen LogP contribution in [0.4, 0.5) is 14.5 Å². The Morgan fingerprint density at radius 1 is 1.26 bits per heavy atom. The molecule has 0 bridgehead atoms. The fourth-order valence-corrected chi connectivity index (χ4v) is 2.31. The van der Waals surface area contributed by atoms with Gasteiger partial charge in [0, 0.05) is 17.3 Å². The normalized spacial score (nSPS) is 10.7. The Kier molecular flexibility index (Phi) is 7.75. The lowest BCUT2D eigenvalue weighted by atomic mass is 10.2. The first kappa shape index (κ1) is 20.4. The van der Waals surface area contributed by atoms with Gasteiger partial charge in [0.1, 0.15) is 5.75 Å². The van der Waals surface area contributed by atoms with Gasteiger partial charge < -0.3 is 19.5 Å². The van der Waals surface area contributed by atoms with Crippen LogP contribution in [-0.4, -0.2) is 31.7 Å². The van der Waals surface area contributed by atoms with Gasteiger partial charge in [0.15, 0.2) is 16.6 Å². The second-order valence-electron chi connectivity index (χ2n) is 5.04. The fraction of sp³-hybridized carbons (Fsp3) is 0.222. The number of hydrazone groups is 1. The van der Waals surface area contributed by atoms with Crippen molar-refractivity contribution in [1.29, 1.82) is 0 Å². The first-order valence-corrected chi connectivity index (χ1v) is 8.39. The van der Waals surface area contributed by atoms with E-state index in [1.165, 1.54) is 6.21 Å². The Balaban J connectivity index is 2.06. The van der Waals surface area contributed by atoms with Crippen LogP contribution in [0.15, 0.2) is 47.6 Å². The summed E-state index contributed by atoms with van der Waals surface area (Å²) in [7, 11) is 1.56. The molecule has 27 heavy (non-hydrogen) atoms. The zero-order valence-corrected chi connectivity index (χ0v) is 15.6. The van der Waals surface area contributed by atoms with Crippen molar-refractivity contribution in [3.63, 3.8) is 0 Å².